The summed E-state index contributed by atoms with van der Waals surface area (Å²) >= 11 is 12.0. The van der Waals surface area contributed by atoms with E-state index in [9.17, 15) is 4.79 Å². The molecule has 0 bridgehead atoms. The number of benzene rings is 1. The molecule has 0 unspecified atom stereocenters. The van der Waals surface area contributed by atoms with Gasteiger partial charge < -0.3 is 9.47 Å². The minimum absolute atomic E-state index is 0.141. The first kappa shape index (κ1) is 16.1. The van der Waals surface area contributed by atoms with E-state index in [2.05, 4.69) is 0 Å². The normalized spacial score (nSPS) is 10.3. The fourth-order valence-electron chi connectivity index (χ4n) is 1.58. The maximum absolute atomic E-state index is 11.1. The van der Waals surface area contributed by atoms with E-state index in [0.717, 1.165) is 19.3 Å². The van der Waals surface area contributed by atoms with Crippen molar-refractivity contribution in [1.82, 2.24) is 0 Å². The number of hydrogen-bond acceptors (Lipinski definition) is 3. The molecule has 106 valence electrons. The molecule has 1 rings (SSSR count). The summed E-state index contributed by atoms with van der Waals surface area (Å²) in [5.41, 5.74) is 0. The summed E-state index contributed by atoms with van der Waals surface area (Å²) < 4.78 is 10.4. The highest BCUT2D eigenvalue weighted by molar-refractivity contribution is 6.37. The number of hydrogen-bond donors (Lipinski definition) is 0. The zero-order chi connectivity index (χ0) is 14.1. The van der Waals surface area contributed by atoms with Crippen molar-refractivity contribution in [2.45, 2.75) is 32.6 Å². The Balaban J connectivity index is 2.16. The Morgan fingerprint density at radius 3 is 2.47 bits per heavy atom. The molecule has 5 heteroatoms. The number of esters is 1. The van der Waals surface area contributed by atoms with Gasteiger partial charge in [0.2, 0.25) is 0 Å². The van der Waals surface area contributed by atoms with Gasteiger partial charge >= 0.3 is 5.97 Å². The zero-order valence-electron chi connectivity index (χ0n) is 11.0. The van der Waals surface area contributed by atoms with Crippen molar-refractivity contribution in [3.05, 3.63) is 28.2 Å². The second kappa shape index (κ2) is 9.05. The summed E-state index contributed by atoms with van der Waals surface area (Å²) in [6, 6.07) is 5.25. The van der Waals surface area contributed by atoms with Gasteiger partial charge in [-0.15, -0.1) is 0 Å². The lowest BCUT2D eigenvalue weighted by molar-refractivity contribution is -0.143. The van der Waals surface area contributed by atoms with Gasteiger partial charge in [0.1, 0.15) is 0 Å². The van der Waals surface area contributed by atoms with E-state index in [4.69, 9.17) is 32.7 Å². The Morgan fingerprint density at radius 2 is 1.84 bits per heavy atom. The van der Waals surface area contributed by atoms with Gasteiger partial charge in [-0.2, -0.15) is 0 Å². The first-order chi connectivity index (χ1) is 9.15. The lowest BCUT2D eigenvalue weighted by Crippen LogP contribution is -2.04. The van der Waals surface area contributed by atoms with Gasteiger partial charge in [0, 0.05) is 6.42 Å². The van der Waals surface area contributed by atoms with Gasteiger partial charge in [0.15, 0.2) is 5.75 Å². The summed E-state index contributed by atoms with van der Waals surface area (Å²) in [7, 11) is 0. The predicted octanol–water partition coefficient (Wildman–Crippen LogP) is 4.50. The van der Waals surface area contributed by atoms with Crippen molar-refractivity contribution in [3.63, 3.8) is 0 Å². The molecule has 1 aromatic carbocycles. The molecule has 0 amide bonds. The van der Waals surface area contributed by atoms with Crippen LogP contribution in [-0.2, 0) is 9.53 Å². The molecule has 0 atom stereocenters. The van der Waals surface area contributed by atoms with Crippen molar-refractivity contribution in [1.29, 1.82) is 0 Å². The van der Waals surface area contributed by atoms with Crippen molar-refractivity contribution < 1.29 is 14.3 Å². The van der Waals surface area contributed by atoms with Crippen LogP contribution in [0.5, 0.6) is 5.75 Å². The number of ether oxygens (including phenoxy) is 2. The minimum Gasteiger partial charge on any atom is -0.490 e. The number of rotatable bonds is 8. The van der Waals surface area contributed by atoms with Gasteiger partial charge in [0.05, 0.1) is 23.3 Å². The predicted molar refractivity (Wildman–Crippen MR) is 77.1 cm³/mol. The summed E-state index contributed by atoms with van der Waals surface area (Å²) in [4.78, 5) is 11.1. The first-order valence-corrected chi connectivity index (χ1v) is 7.13. The molecule has 3 nitrogen and oxygen atoms in total. The Bertz CT molecular complexity index is 387. The van der Waals surface area contributed by atoms with Gasteiger partial charge in [-0.25, -0.2) is 0 Å². The monoisotopic (exact) mass is 304 g/mol. The molecule has 0 aliphatic heterocycles. The van der Waals surface area contributed by atoms with Crippen LogP contribution in [0, 0.1) is 0 Å². The third-order valence-corrected chi connectivity index (χ3v) is 3.09. The van der Waals surface area contributed by atoms with Crippen LogP contribution in [0.25, 0.3) is 0 Å². The molecule has 0 radical (unpaired) electrons. The molecule has 1 aromatic rings. The smallest absolute Gasteiger partial charge is 0.305 e. The highest BCUT2D eigenvalue weighted by Gasteiger charge is 2.06. The van der Waals surface area contributed by atoms with E-state index in [1.54, 1.807) is 25.1 Å². The molecule has 0 aliphatic carbocycles. The second-order valence-electron chi connectivity index (χ2n) is 4.01. The topological polar surface area (TPSA) is 35.5 Å². The van der Waals surface area contributed by atoms with Crippen molar-refractivity contribution in [3.8, 4) is 5.75 Å². The molecule has 0 aliphatic rings. The minimum atomic E-state index is -0.141. The molecule has 0 aromatic heterocycles. The number of carbonyl (C=O) groups is 1. The number of para-hydroxylation sites is 1. The summed E-state index contributed by atoms with van der Waals surface area (Å²) in [5, 5.41) is 1.03. The van der Waals surface area contributed by atoms with Crippen LogP contribution >= 0.6 is 23.2 Å². The Labute approximate surface area is 123 Å². The van der Waals surface area contributed by atoms with Gasteiger partial charge in [0.25, 0.3) is 0 Å². The van der Waals surface area contributed by atoms with Crippen molar-refractivity contribution in [2.75, 3.05) is 13.2 Å². The lowest BCUT2D eigenvalue weighted by atomic mass is 10.2. The average Bonchev–Trinajstić information content (AvgIpc) is 2.36. The van der Waals surface area contributed by atoms with Crippen LogP contribution in [-0.4, -0.2) is 19.2 Å². The van der Waals surface area contributed by atoms with E-state index in [1.807, 2.05) is 0 Å². The maximum Gasteiger partial charge on any atom is 0.305 e. The summed E-state index contributed by atoms with van der Waals surface area (Å²) in [5.74, 6) is 0.383. The summed E-state index contributed by atoms with van der Waals surface area (Å²) in [6.45, 7) is 2.78. The van der Waals surface area contributed by atoms with Crippen LogP contribution in [0.1, 0.15) is 32.6 Å². The van der Waals surface area contributed by atoms with E-state index in [1.165, 1.54) is 0 Å². The Hall–Kier alpha value is -0.930. The highest BCUT2D eigenvalue weighted by atomic mass is 35.5. The fourth-order valence-corrected chi connectivity index (χ4v) is 2.08. The number of carbonyl (C=O) groups excluding carboxylic acids is 1. The average molecular weight is 305 g/mol. The van der Waals surface area contributed by atoms with Gasteiger partial charge in [-0.1, -0.05) is 29.3 Å². The van der Waals surface area contributed by atoms with Crippen LogP contribution < -0.4 is 4.74 Å². The Kier molecular flexibility index (Phi) is 7.68. The third kappa shape index (κ3) is 6.17. The van der Waals surface area contributed by atoms with E-state index >= 15 is 0 Å². The maximum atomic E-state index is 11.1. The Morgan fingerprint density at radius 1 is 1.16 bits per heavy atom. The molecular formula is C14H18Cl2O3. The van der Waals surface area contributed by atoms with Gasteiger partial charge in [-0.3, -0.25) is 4.79 Å². The lowest BCUT2D eigenvalue weighted by Gasteiger charge is -2.09. The highest BCUT2D eigenvalue weighted by Crippen LogP contribution is 2.32. The molecule has 0 heterocycles. The molecule has 0 fully saturated rings. The van der Waals surface area contributed by atoms with E-state index < -0.39 is 0 Å². The van der Waals surface area contributed by atoms with Crippen LogP contribution in [0.4, 0.5) is 0 Å². The molecular weight excluding hydrogens is 287 g/mol. The second-order valence-corrected chi connectivity index (χ2v) is 4.83. The quantitative estimate of drug-likeness (QED) is 0.524. The third-order valence-electron chi connectivity index (χ3n) is 2.50. The van der Waals surface area contributed by atoms with Gasteiger partial charge in [-0.05, 0) is 38.3 Å². The number of unbranched alkanes of at least 4 members (excludes halogenated alkanes) is 2. The van der Waals surface area contributed by atoms with E-state index in [0.29, 0.717) is 35.4 Å². The zero-order valence-corrected chi connectivity index (χ0v) is 12.5. The standard InChI is InChI=1S/C14H18Cl2O3/c1-2-18-13(17)9-4-3-5-10-19-14-11(15)7-6-8-12(14)16/h6-8H,2-5,9-10H2,1H3. The first-order valence-electron chi connectivity index (χ1n) is 6.37. The molecule has 19 heavy (non-hydrogen) atoms. The van der Waals surface area contributed by atoms with E-state index in [-0.39, 0.29) is 5.97 Å². The molecule has 0 saturated carbocycles. The SMILES string of the molecule is CCOC(=O)CCCCCOc1c(Cl)cccc1Cl. The largest absolute Gasteiger partial charge is 0.490 e. The summed E-state index contributed by atoms with van der Waals surface area (Å²) in [6.07, 6.45) is 3.01. The van der Waals surface area contributed by atoms with Crippen LogP contribution in [0.3, 0.4) is 0 Å². The van der Waals surface area contributed by atoms with Crippen molar-refractivity contribution >= 4 is 29.2 Å². The molecule has 0 N–H and O–H groups in total. The molecule has 0 spiro atoms. The molecule has 0 saturated heterocycles. The number of halogens is 2. The fraction of sp³-hybridized carbons (Fsp3) is 0.500. The van der Waals surface area contributed by atoms with Crippen LogP contribution in [0.2, 0.25) is 10.0 Å². The van der Waals surface area contributed by atoms with Crippen LogP contribution in [0.15, 0.2) is 18.2 Å². The van der Waals surface area contributed by atoms with Crippen molar-refractivity contribution in [2.24, 2.45) is 0 Å².